The molecule has 118 valence electrons. The fourth-order valence-corrected chi connectivity index (χ4v) is 2.17. The lowest BCUT2D eigenvalue weighted by atomic mass is 9.99. The van der Waals surface area contributed by atoms with E-state index in [2.05, 4.69) is 19.2 Å². The normalized spacial score (nSPS) is 12.1. The summed E-state index contributed by atoms with van der Waals surface area (Å²) in [6, 6.07) is 6.77. The van der Waals surface area contributed by atoms with Crippen molar-refractivity contribution in [3.8, 4) is 0 Å². The maximum Gasteiger partial charge on any atom is 0.338 e. The molecule has 1 aromatic carbocycles. The molecule has 0 spiro atoms. The number of hydrogen-bond donors (Lipinski definition) is 2. The summed E-state index contributed by atoms with van der Waals surface area (Å²) in [5.74, 6) is 0.424. The quantitative estimate of drug-likeness (QED) is 0.395. The molecule has 1 atom stereocenters. The number of hydrogen-bond acceptors (Lipinski definition) is 4. The third-order valence-corrected chi connectivity index (χ3v) is 3.63. The lowest BCUT2D eigenvalue weighted by molar-refractivity contribution is 0.0507. The number of carbonyl (C=O) groups excluding carboxylic acids is 1. The summed E-state index contributed by atoms with van der Waals surface area (Å²) >= 11 is 0. The van der Waals surface area contributed by atoms with Crippen LogP contribution < -0.4 is 11.1 Å². The largest absolute Gasteiger partial charge is 0.461 e. The summed E-state index contributed by atoms with van der Waals surface area (Å²) < 4.78 is 5.22. The summed E-state index contributed by atoms with van der Waals surface area (Å²) in [5, 5.41) is 3.36. The van der Waals surface area contributed by atoms with Gasteiger partial charge in [0.2, 0.25) is 0 Å². The lowest BCUT2D eigenvalue weighted by Gasteiger charge is -2.15. The number of nitrogens with one attached hydrogen (secondary N) is 1. The van der Waals surface area contributed by atoms with E-state index in [0.717, 1.165) is 12.5 Å². The van der Waals surface area contributed by atoms with Crippen molar-refractivity contribution in [2.24, 2.45) is 5.92 Å². The molecule has 21 heavy (non-hydrogen) atoms. The third-order valence-electron chi connectivity index (χ3n) is 3.63. The summed E-state index contributed by atoms with van der Waals surface area (Å²) in [4.78, 5) is 11.8. The maximum absolute atomic E-state index is 11.8. The first kappa shape index (κ1) is 17.5. The Bertz CT molecular complexity index is 404. The zero-order chi connectivity index (χ0) is 15.5. The standard InChI is InChI=1S/C17H28N2O2/c1-3-5-6-14(4-2)13-19-11-12-21-17(20)15-7-9-16(18)10-8-15/h7-10,14,19H,3-6,11-13,18H2,1-2H3. The highest BCUT2D eigenvalue weighted by molar-refractivity contribution is 5.89. The topological polar surface area (TPSA) is 64.3 Å². The summed E-state index contributed by atoms with van der Waals surface area (Å²) in [6.07, 6.45) is 4.99. The van der Waals surface area contributed by atoms with Crippen LogP contribution in [0.5, 0.6) is 0 Å². The Kier molecular flexibility index (Phi) is 8.51. The van der Waals surface area contributed by atoms with Crippen LogP contribution >= 0.6 is 0 Å². The molecule has 4 heteroatoms. The van der Waals surface area contributed by atoms with E-state index in [1.165, 1.54) is 25.7 Å². The highest BCUT2D eigenvalue weighted by Crippen LogP contribution is 2.11. The summed E-state index contributed by atoms with van der Waals surface area (Å²) in [6.45, 7) is 6.53. The van der Waals surface area contributed by atoms with Gasteiger partial charge in [-0.3, -0.25) is 0 Å². The second-order valence-corrected chi connectivity index (χ2v) is 5.38. The molecule has 0 fully saturated rings. The number of nitrogen functional groups attached to an aromatic ring is 1. The molecule has 0 saturated heterocycles. The van der Waals surface area contributed by atoms with Gasteiger partial charge in [-0.2, -0.15) is 0 Å². The van der Waals surface area contributed by atoms with E-state index in [0.29, 0.717) is 24.4 Å². The summed E-state index contributed by atoms with van der Waals surface area (Å²) in [7, 11) is 0. The molecule has 0 amide bonds. The van der Waals surface area contributed by atoms with E-state index in [9.17, 15) is 4.79 Å². The van der Waals surface area contributed by atoms with Crippen molar-refractivity contribution in [1.29, 1.82) is 0 Å². The zero-order valence-electron chi connectivity index (χ0n) is 13.2. The second-order valence-electron chi connectivity index (χ2n) is 5.38. The lowest BCUT2D eigenvalue weighted by Crippen LogP contribution is -2.27. The number of esters is 1. The number of ether oxygens (including phenoxy) is 1. The Morgan fingerprint density at radius 1 is 1.29 bits per heavy atom. The molecule has 1 rings (SSSR count). The molecule has 1 aromatic rings. The molecule has 3 N–H and O–H groups in total. The van der Waals surface area contributed by atoms with Crippen LogP contribution in [0.2, 0.25) is 0 Å². The van der Waals surface area contributed by atoms with Gasteiger partial charge in [0, 0.05) is 12.2 Å². The fraction of sp³-hybridized carbons (Fsp3) is 0.588. The van der Waals surface area contributed by atoms with Gasteiger partial charge in [-0.15, -0.1) is 0 Å². The van der Waals surface area contributed by atoms with Gasteiger partial charge in [-0.25, -0.2) is 4.79 Å². The van der Waals surface area contributed by atoms with Gasteiger partial charge in [0.25, 0.3) is 0 Å². The van der Waals surface area contributed by atoms with Crippen molar-refractivity contribution in [2.75, 3.05) is 25.4 Å². The van der Waals surface area contributed by atoms with Crippen LogP contribution in [0, 0.1) is 5.92 Å². The minimum Gasteiger partial charge on any atom is -0.461 e. The molecule has 0 aliphatic heterocycles. The number of rotatable bonds is 10. The van der Waals surface area contributed by atoms with Crippen molar-refractivity contribution < 1.29 is 9.53 Å². The van der Waals surface area contributed by atoms with Crippen LogP contribution in [0.1, 0.15) is 49.9 Å². The molecule has 0 aromatic heterocycles. The molecule has 4 nitrogen and oxygen atoms in total. The number of carbonyl (C=O) groups is 1. The Balaban J connectivity index is 2.15. The fourth-order valence-electron chi connectivity index (χ4n) is 2.17. The van der Waals surface area contributed by atoms with Crippen LogP contribution in [-0.2, 0) is 4.74 Å². The number of anilines is 1. The van der Waals surface area contributed by atoms with Crippen molar-refractivity contribution in [1.82, 2.24) is 5.32 Å². The first-order valence-electron chi connectivity index (χ1n) is 7.90. The van der Waals surface area contributed by atoms with Gasteiger partial charge in [-0.05, 0) is 43.1 Å². The molecule has 1 unspecified atom stereocenters. The first-order chi connectivity index (χ1) is 10.2. The third kappa shape index (κ3) is 7.14. The highest BCUT2D eigenvalue weighted by Gasteiger charge is 2.07. The molecule has 0 aliphatic carbocycles. The van der Waals surface area contributed by atoms with Crippen LogP contribution in [0.4, 0.5) is 5.69 Å². The van der Waals surface area contributed by atoms with Gasteiger partial charge in [0.1, 0.15) is 6.61 Å². The van der Waals surface area contributed by atoms with Crippen LogP contribution in [0.25, 0.3) is 0 Å². The van der Waals surface area contributed by atoms with Crippen LogP contribution in [0.15, 0.2) is 24.3 Å². The Morgan fingerprint density at radius 3 is 2.62 bits per heavy atom. The van der Waals surface area contributed by atoms with E-state index in [-0.39, 0.29) is 5.97 Å². The van der Waals surface area contributed by atoms with Crippen molar-refractivity contribution in [3.05, 3.63) is 29.8 Å². The van der Waals surface area contributed by atoms with E-state index < -0.39 is 0 Å². The molecule has 0 aliphatic rings. The maximum atomic E-state index is 11.8. The molecule has 0 radical (unpaired) electrons. The highest BCUT2D eigenvalue weighted by atomic mass is 16.5. The van der Waals surface area contributed by atoms with Crippen molar-refractivity contribution in [2.45, 2.75) is 39.5 Å². The minimum atomic E-state index is -0.296. The Morgan fingerprint density at radius 2 is 2.00 bits per heavy atom. The average molecular weight is 292 g/mol. The van der Waals surface area contributed by atoms with Gasteiger partial charge < -0.3 is 15.8 Å². The van der Waals surface area contributed by atoms with Crippen molar-refractivity contribution >= 4 is 11.7 Å². The smallest absolute Gasteiger partial charge is 0.338 e. The average Bonchev–Trinajstić information content (AvgIpc) is 2.50. The molecule has 0 bridgehead atoms. The number of benzene rings is 1. The van der Waals surface area contributed by atoms with E-state index in [1.807, 2.05) is 0 Å². The SMILES string of the molecule is CCCCC(CC)CNCCOC(=O)c1ccc(N)cc1. The molecule has 0 saturated carbocycles. The minimum absolute atomic E-state index is 0.296. The van der Waals surface area contributed by atoms with Gasteiger partial charge in [-0.1, -0.05) is 33.1 Å². The predicted molar refractivity (Wildman–Crippen MR) is 87.3 cm³/mol. The summed E-state index contributed by atoms with van der Waals surface area (Å²) in [5.41, 5.74) is 6.77. The van der Waals surface area contributed by atoms with Gasteiger partial charge >= 0.3 is 5.97 Å². The Hall–Kier alpha value is -1.55. The molecular formula is C17H28N2O2. The predicted octanol–water partition coefficient (Wildman–Crippen LogP) is 3.23. The number of nitrogens with two attached hydrogens (primary N) is 1. The van der Waals surface area contributed by atoms with E-state index in [4.69, 9.17) is 10.5 Å². The van der Waals surface area contributed by atoms with E-state index in [1.54, 1.807) is 24.3 Å². The monoisotopic (exact) mass is 292 g/mol. The number of unbranched alkanes of at least 4 members (excludes halogenated alkanes) is 1. The molecule has 0 heterocycles. The van der Waals surface area contributed by atoms with Gasteiger partial charge in [0.05, 0.1) is 5.56 Å². The Labute approximate surface area is 128 Å². The van der Waals surface area contributed by atoms with Crippen molar-refractivity contribution in [3.63, 3.8) is 0 Å². The second kappa shape index (κ2) is 10.2. The molecular weight excluding hydrogens is 264 g/mol. The first-order valence-corrected chi connectivity index (χ1v) is 7.90. The van der Waals surface area contributed by atoms with Gasteiger partial charge in [0.15, 0.2) is 0 Å². The van der Waals surface area contributed by atoms with Crippen LogP contribution in [-0.4, -0.2) is 25.7 Å². The van der Waals surface area contributed by atoms with Crippen LogP contribution in [0.3, 0.4) is 0 Å². The van der Waals surface area contributed by atoms with E-state index >= 15 is 0 Å². The zero-order valence-corrected chi connectivity index (χ0v) is 13.2.